The molecule has 2 saturated carbocycles. The standard InChI is InChI=1S/C10H12O/c11-8-10(6-7-10)5-1-2-9-3-4-9/h8-9H,3-7H2. The fourth-order valence-electron chi connectivity index (χ4n) is 1.10. The van der Waals surface area contributed by atoms with Gasteiger partial charge in [-0.05, 0) is 25.7 Å². The summed E-state index contributed by atoms with van der Waals surface area (Å²) in [4.78, 5) is 10.5. The van der Waals surface area contributed by atoms with Crippen molar-refractivity contribution >= 4 is 6.29 Å². The Morgan fingerprint density at radius 2 is 2.18 bits per heavy atom. The number of hydrogen-bond acceptors (Lipinski definition) is 1. The van der Waals surface area contributed by atoms with Crippen molar-refractivity contribution in [1.82, 2.24) is 0 Å². The van der Waals surface area contributed by atoms with Gasteiger partial charge in [-0.15, -0.1) is 5.92 Å². The van der Waals surface area contributed by atoms with Crippen LogP contribution >= 0.6 is 0 Å². The first-order valence-electron chi connectivity index (χ1n) is 4.29. The third-order valence-electron chi connectivity index (χ3n) is 2.47. The normalized spacial score (nSPS) is 25.1. The molecule has 0 unspecified atom stereocenters. The second kappa shape index (κ2) is 2.37. The van der Waals surface area contributed by atoms with Gasteiger partial charge in [0.2, 0.25) is 0 Å². The first kappa shape index (κ1) is 6.91. The lowest BCUT2D eigenvalue weighted by Gasteiger charge is -1.96. The topological polar surface area (TPSA) is 17.1 Å². The number of carbonyl (C=O) groups excluding carboxylic acids is 1. The summed E-state index contributed by atoms with van der Waals surface area (Å²) < 4.78 is 0. The largest absolute Gasteiger partial charge is 0.303 e. The maximum Gasteiger partial charge on any atom is 0.127 e. The molecule has 0 aliphatic heterocycles. The van der Waals surface area contributed by atoms with Crippen LogP contribution in [0.25, 0.3) is 0 Å². The van der Waals surface area contributed by atoms with Crippen LogP contribution in [0.3, 0.4) is 0 Å². The highest BCUT2D eigenvalue weighted by molar-refractivity contribution is 5.64. The van der Waals surface area contributed by atoms with Crippen molar-refractivity contribution in [3.05, 3.63) is 0 Å². The summed E-state index contributed by atoms with van der Waals surface area (Å²) >= 11 is 0. The molecule has 0 spiro atoms. The van der Waals surface area contributed by atoms with Crippen LogP contribution in [0.4, 0.5) is 0 Å². The van der Waals surface area contributed by atoms with Gasteiger partial charge in [-0.25, -0.2) is 0 Å². The molecule has 58 valence electrons. The third-order valence-corrected chi connectivity index (χ3v) is 2.47. The molecular formula is C10H12O. The second-order valence-corrected chi connectivity index (χ2v) is 3.75. The van der Waals surface area contributed by atoms with E-state index < -0.39 is 0 Å². The van der Waals surface area contributed by atoms with Gasteiger partial charge in [-0.2, -0.15) is 0 Å². The first-order valence-corrected chi connectivity index (χ1v) is 4.29. The molecule has 0 radical (unpaired) electrons. The van der Waals surface area contributed by atoms with E-state index in [1.165, 1.54) is 12.8 Å². The molecule has 0 aromatic carbocycles. The Hall–Kier alpha value is -0.770. The average molecular weight is 148 g/mol. The van der Waals surface area contributed by atoms with Crippen molar-refractivity contribution in [2.75, 3.05) is 0 Å². The Balaban J connectivity index is 1.81. The second-order valence-electron chi connectivity index (χ2n) is 3.75. The molecule has 11 heavy (non-hydrogen) atoms. The number of aldehydes is 1. The van der Waals surface area contributed by atoms with E-state index in [4.69, 9.17) is 0 Å². The highest BCUT2D eigenvalue weighted by atomic mass is 16.1. The van der Waals surface area contributed by atoms with E-state index in [0.717, 1.165) is 25.5 Å². The summed E-state index contributed by atoms with van der Waals surface area (Å²) in [7, 11) is 0. The van der Waals surface area contributed by atoms with Gasteiger partial charge in [0.25, 0.3) is 0 Å². The van der Waals surface area contributed by atoms with Gasteiger partial charge in [0.1, 0.15) is 6.29 Å². The molecule has 0 bridgehead atoms. The van der Waals surface area contributed by atoms with Gasteiger partial charge < -0.3 is 4.79 Å². The molecule has 0 amide bonds. The van der Waals surface area contributed by atoms with Crippen molar-refractivity contribution in [1.29, 1.82) is 0 Å². The third kappa shape index (κ3) is 1.63. The van der Waals surface area contributed by atoms with Gasteiger partial charge in [-0.3, -0.25) is 0 Å². The van der Waals surface area contributed by atoms with Gasteiger partial charge in [0.05, 0.1) is 0 Å². The van der Waals surface area contributed by atoms with E-state index in [2.05, 4.69) is 11.8 Å². The fraction of sp³-hybridized carbons (Fsp3) is 0.700. The first-order chi connectivity index (χ1) is 5.35. The van der Waals surface area contributed by atoms with E-state index in [-0.39, 0.29) is 5.41 Å². The van der Waals surface area contributed by atoms with Gasteiger partial charge >= 0.3 is 0 Å². The van der Waals surface area contributed by atoms with Crippen molar-refractivity contribution in [2.24, 2.45) is 11.3 Å². The predicted octanol–water partition coefficient (Wildman–Crippen LogP) is 1.77. The summed E-state index contributed by atoms with van der Waals surface area (Å²) in [6.45, 7) is 0. The van der Waals surface area contributed by atoms with Crippen LogP contribution in [-0.2, 0) is 4.79 Å². The molecule has 2 aliphatic rings. The maximum atomic E-state index is 10.5. The Bertz CT molecular complexity index is 223. The van der Waals surface area contributed by atoms with Crippen molar-refractivity contribution in [2.45, 2.75) is 32.1 Å². The van der Waals surface area contributed by atoms with Crippen LogP contribution in [0.1, 0.15) is 32.1 Å². The molecule has 0 aromatic rings. The van der Waals surface area contributed by atoms with Crippen LogP contribution in [0, 0.1) is 23.2 Å². The molecule has 0 saturated heterocycles. The van der Waals surface area contributed by atoms with Gasteiger partial charge in [0, 0.05) is 17.8 Å². The van der Waals surface area contributed by atoms with E-state index in [9.17, 15) is 4.79 Å². The summed E-state index contributed by atoms with van der Waals surface area (Å²) in [5.41, 5.74) is 0.00188. The van der Waals surface area contributed by atoms with E-state index >= 15 is 0 Å². The molecule has 0 heterocycles. The predicted molar refractivity (Wildman–Crippen MR) is 42.8 cm³/mol. The Kier molecular flexibility index (Phi) is 1.49. The molecule has 2 aliphatic carbocycles. The molecule has 2 fully saturated rings. The molecule has 1 nitrogen and oxygen atoms in total. The van der Waals surface area contributed by atoms with Gasteiger partial charge in [0.15, 0.2) is 0 Å². The van der Waals surface area contributed by atoms with Crippen LogP contribution in [0.2, 0.25) is 0 Å². The maximum absolute atomic E-state index is 10.5. The highest BCUT2D eigenvalue weighted by Gasteiger charge is 2.41. The van der Waals surface area contributed by atoms with Crippen molar-refractivity contribution < 1.29 is 4.79 Å². The Labute approximate surface area is 67.2 Å². The quantitative estimate of drug-likeness (QED) is 0.431. The van der Waals surface area contributed by atoms with Crippen molar-refractivity contribution in [3.8, 4) is 11.8 Å². The average Bonchev–Trinajstić information content (AvgIpc) is 2.80. The van der Waals surface area contributed by atoms with E-state index in [1.807, 2.05) is 0 Å². The molecule has 0 atom stereocenters. The molecular weight excluding hydrogens is 136 g/mol. The fourth-order valence-corrected chi connectivity index (χ4v) is 1.10. The van der Waals surface area contributed by atoms with Crippen LogP contribution in [0.15, 0.2) is 0 Å². The molecule has 1 heteroatoms. The lowest BCUT2D eigenvalue weighted by molar-refractivity contribution is -0.112. The molecule has 0 N–H and O–H groups in total. The zero-order valence-corrected chi connectivity index (χ0v) is 6.60. The smallest absolute Gasteiger partial charge is 0.127 e. The van der Waals surface area contributed by atoms with E-state index in [1.54, 1.807) is 0 Å². The minimum Gasteiger partial charge on any atom is -0.303 e. The summed E-state index contributed by atoms with van der Waals surface area (Å²) in [5.74, 6) is 6.98. The number of hydrogen-bond donors (Lipinski definition) is 0. The summed E-state index contributed by atoms with van der Waals surface area (Å²) in [6, 6.07) is 0. The van der Waals surface area contributed by atoms with Crippen LogP contribution in [0.5, 0.6) is 0 Å². The Morgan fingerprint density at radius 1 is 1.45 bits per heavy atom. The van der Waals surface area contributed by atoms with E-state index in [0.29, 0.717) is 5.92 Å². The lowest BCUT2D eigenvalue weighted by Crippen LogP contribution is -1.98. The SMILES string of the molecule is O=CC1(CC#CC2CC2)CC1. The van der Waals surface area contributed by atoms with Crippen molar-refractivity contribution in [3.63, 3.8) is 0 Å². The molecule has 2 rings (SSSR count). The Morgan fingerprint density at radius 3 is 2.64 bits per heavy atom. The van der Waals surface area contributed by atoms with Crippen LogP contribution < -0.4 is 0 Å². The summed E-state index contributed by atoms with van der Waals surface area (Å²) in [6.07, 6.45) is 6.59. The zero-order valence-electron chi connectivity index (χ0n) is 6.60. The number of rotatable bonds is 2. The minimum absolute atomic E-state index is 0.00188. The number of carbonyl (C=O) groups is 1. The summed E-state index contributed by atoms with van der Waals surface area (Å²) in [5, 5.41) is 0. The van der Waals surface area contributed by atoms with Crippen LogP contribution in [-0.4, -0.2) is 6.29 Å². The minimum atomic E-state index is 0.00188. The van der Waals surface area contributed by atoms with Gasteiger partial charge in [-0.1, -0.05) is 5.92 Å². The highest BCUT2D eigenvalue weighted by Crippen LogP contribution is 2.46. The zero-order chi connectivity index (χ0) is 7.73. The monoisotopic (exact) mass is 148 g/mol. The lowest BCUT2D eigenvalue weighted by atomic mass is 10.1. The molecule has 0 aromatic heterocycles.